The molecule has 0 fully saturated rings. The largest absolute Gasteiger partial charge is 0.396 e. The van der Waals surface area contributed by atoms with Gasteiger partial charge < -0.3 is 10.4 Å². The van der Waals surface area contributed by atoms with Crippen molar-refractivity contribution in [2.45, 2.75) is 50.9 Å². The third-order valence-corrected chi connectivity index (χ3v) is 5.04. The summed E-state index contributed by atoms with van der Waals surface area (Å²) in [6.45, 7) is 6.33. The van der Waals surface area contributed by atoms with Gasteiger partial charge in [0, 0.05) is 18.7 Å². The molecule has 2 rings (SSSR count). The van der Waals surface area contributed by atoms with E-state index in [1.807, 2.05) is 26.8 Å². The lowest BCUT2D eigenvalue weighted by Crippen LogP contribution is -2.43. The Morgan fingerprint density at radius 2 is 2.08 bits per heavy atom. The zero-order chi connectivity index (χ0) is 18.4. The van der Waals surface area contributed by atoms with E-state index >= 15 is 0 Å². The Kier molecular flexibility index (Phi) is 6.61. The molecule has 25 heavy (non-hydrogen) atoms. The molecule has 0 saturated heterocycles. The summed E-state index contributed by atoms with van der Waals surface area (Å²) in [7, 11) is 0. The first-order chi connectivity index (χ1) is 11.9. The van der Waals surface area contributed by atoms with Crippen molar-refractivity contribution in [1.29, 1.82) is 0 Å². The fourth-order valence-electron chi connectivity index (χ4n) is 2.32. The average Bonchev–Trinajstić information content (AvgIpc) is 2.59. The van der Waals surface area contributed by atoms with Crippen LogP contribution in [0.3, 0.4) is 0 Å². The van der Waals surface area contributed by atoms with Crippen molar-refractivity contribution in [2.24, 2.45) is 0 Å². The van der Waals surface area contributed by atoms with E-state index in [2.05, 4.69) is 10.3 Å². The van der Waals surface area contributed by atoms with Gasteiger partial charge >= 0.3 is 0 Å². The van der Waals surface area contributed by atoms with Crippen LogP contribution in [0.2, 0.25) is 0 Å². The summed E-state index contributed by atoms with van der Waals surface area (Å²) < 4.78 is 1.54. The van der Waals surface area contributed by atoms with E-state index in [1.165, 1.54) is 11.8 Å². The molecule has 1 aromatic carbocycles. The van der Waals surface area contributed by atoms with Crippen LogP contribution in [0.25, 0.3) is 10.9 Å². The second-order valence-corrected chi connectivity index (χ2v) is 7.46. The molecule has 7 heteroatoms. The molecule has 0 aliphatic heterocycles. The van der Waals surface area contributed by atoms with Gasteiger partial charge in [-0.05, 0) is 38.8 Å². The minimum Gasteiger partial charge on any atom is -0.396 e. The number of hydrogen-bond acceptors (Lipinski definition) is 5. The Morgan fingerprint density at radius 1 is 1.36 bits per heavy atom. The molecule has 136 valence electrons. The number of nitrogens with zero attached hydrogens (tertiary/aromatic N) is 2. The number of aliphatic hydroxyl groups is 1. The Hall–Kier alpha value is -1.86. The molecule has 0 saturated carbocycles. The van der Waals surface area contributed by atoms with Gasteiger partial charge in [-0.2, -0.15) is 0 Å². The van der Waals surface area contributed by atoms with E-state index in [-0.39, 0.29) is 29.4 Å². The monoisotopic (exact) mass is 363 g/mol. The Labute approximate surface area is 151 Å². The first-order valence-corrected chi connectivity index (χ1v) is 9.41. The predicted molar refractivity (Wildman–Crippen MR) is 101 cm³/mol. The summed E-state index contributed by atoms with van der Waals surface area (Å²) in [5.74, 6) is 0.0980. The molecule has 2 aromatic rings. The van der Waals surface area contributed by atoms with Crippen molar-refractivity contribution < 1.29 is 9.90 Å². The quantitative estimate of drug-likeness (QED) is 0.555. The van der Waals surface area contributed by atoms with E-state index < -0.39 is 0 Å². The first kappa shape index (κ1) is 19.5. The highest BCUT2D eigenvalue weighted by molar-refractivity contribution is 7.99. The summed E-state index contributed by atoms with van der Waals surface area (Å²) in [5.41, 5.74) is 0.214. The highest BCUT2D eigenvalue weighted by Crippen LogP contribution is 2.18. The van der Waals surface area contributed by atoms with Gasteiger partial charge in [0.15, 0.2) is 5.16 Å². The molecular weight excluding hydrogens is 338 g/mol. The van der Waals surface area contributed by atoms with Gasteiger partial charge in [0.2, 0.25) is 5.91 Å². The number of thioether (sulfide) groups is 1. The van der Waals surface area contributed by atoms with Crippen molar-refractivity contribution in [1.82, 2.24) is 14.9 Å². The molecule has 1 amide bonds. The number of aromatic nitrogens is 2. The van der Waals surface area contributed by atoms with Gasteiger partial charge in [0.1, 0.15) is 0 Å². The molecule has 2 N–H and O–H groups in total. The number of rotatable bonds is 8. The Balaban J connectivity index is 2.26. The topological polar surface area (TPSA) is 84.2 Å². The van der Waals surface area contributed by atoms with E-state index in [9.17, 15) is 9.59 Å². The standard InChI is InChI=1S/C18H25N3O3S/c1-4-18(2,3)20-15(23)12-25-17-19-14-9-6-5-8-13(14)16(24)21(17)10-7-11-22/h5-6,8-9,22H,4,7,10-12H2,1-3H3,(H,20,23). The van der Waals surface area contributed by atoms with Crippen molar-refractivity contribution >= 4 is 28.6 Å². The molecular formula is C18H25N3O3S. The molecule has 0 unspecified atom stereocenters. The second kappa shape index (κ2) is 8.49. The van der Waals surface area contributed by atoms with Crippen LogP contribution in [0, 0.1) is 0 Å². The fraction of sp³-hybridized carbons (Fsp3) is 0.500. The van der Waals surface area contributed by atoms with Crippen LogP contribution in [-0.2, 0) is 11.3 Å². The third kappa shape index (κ3) is 5.06. The van der Waals surface area contributed by atoms with Crippen molar-refractivity contribution in [3.05, 3.63) is 34.6 Å². The lowest BCUT2D eigenvalue weighted by Gasteiger charge is -2.24. The summed E-state index contributed by atoms with van der Waals surface area (Å²) in [6, 6.07) is 7.16. The smallest absolute Gasteiger partial charge is 0.262 e. The van der Waals surface area contributed by atoms with Crippen molar-refractivity contribution in [3.63, 3.8) is 0 Å². The number of para-hydroxylation sites is 1. The van der Waals surface area contributed by atoms with E-state index in [0.717, 1.165) is 6.42 Å². The highest BCUT2D eigenvalue weighted by Gasteiger charge is 2.19. The van der Waals surface area contributed by atoms with Gasteiger partial charge in [-0.3, -0.25) is 14.2 Å². The summed E-state index contributed by atoms with van der Waals surface area (Å²) in [4.78, 5) is 29.4. The lowest BCUT2D eigenvalue weighted by molar-refractivity contribution is -0.120. The summed E-state index contributed by atoms with van der Waals surface area (Å²) in [6.07, 6.45) is 1.29. The lowest BCUT2D eigenvalue weighted by atomic mass is 10.0. The molecule has 1 aromatic heterocycles. The van der Waals surface area contributed by atoms with E-state index in [1.54, 1.807) is 22.8 Å². The molecule has 0 bridgehead atoms. The van der Waals surface area contributed by atoms with Crippen molar-refractivity contribution in [3.8, 4) is 0 Å². The van der Waals surface area contributed by atoms with Crippen LogP contribution in [-0.4, -0.2) is 38.5 Å². The zero-order valence-electron chi connectivity index (χ0n) is 14.9. The van der Waals surface area contributed by atoms with Gasteiger partial charge in [-0.25, -0.2) is 4.98 Å². The van der Waals surface area contributed by atoms with Crippen LogP contribution in [0.15, 0.2) is 34.2 Å². The Morgan fingerprint density at radius 3 is 2.76 bits per heavy atom. The first-order valence-electron chi connectivity index (χ1n) is 8.42. The van der Waals surface area contributed by atoms with Crippen molar-refractivity contribution in [2.75, 3.05) is 12.4 Å². The predicted octanol–water partition coefficient (Wildman–Crippen LogP) is 2.18. The molecule has 0 aliphatic rings. The number of benzene rings is 1. The van der Waals surface area contributed by atoms with Crippen LogP contribution in [0.1, 0.15) is 33.6 Å². The van der Waals surface area contributed by atoms with E-state index in [4.69, 9.17) is 5.11 Å². The Bertz CT molecular complexity index is 802. The highest BCUT2D eigenvalue weighted by atomic mass is 32.2. The van der Waals surface area contributed by atoms with Crippen LogP contribution in [0.4, 0.5) is 0 Å². The van der Waals surface area contributed by atoms with E-state index in [0.29, 0.717) is 29.0 Å². The normalized spacial score (nSPS) is 11.7. The van der Waals surface area contributed by atoms with Gasteiger partial charge in [-0.1, -0.05) is 30.8 Å². The number of nitrogens with one attached hydrogen (secondary N) is 1. The van der Waals surface area contributed by atoms with Crippen LogP contribution >= 0.6 is 11.8 Å². The zero-order valence-corrected chi connectivity index (χ0v) is 15.7. The number of carbonyl (C=O) groups is 1. The maximum Gasteiger partial charge on any atom is 0.262 e. The minimum atomic E-state index is -0.259. The number of fused-ring (bicyclic) bond motifs is 1. The molecule has 0 radical (unpaired) electrons. The van der Waals surface area contributed by atoms with Gasteiger partial charge in [-0.15, -0.1) is 0 Å². The van der Waals surface area contributed by atoms with Gasteiger partial charge in [0.05, 0.1) is 16.7 Å². The number of hydrogen-bond donors (Lipinski definition) is 2. The number of amides is 1. The third-order valence-electron chi connectivity index (χ3n) is 4.06. The second-order valence-electron chi connectivity index (χ2n) is 6.52. The fourth-order valence-corrected chi connectivity index (χ4v) is 3.14. The van der Waals surface area contributed by atoms with Gasteiger partial charge in [0.25, 0.3) is 5.56 Å². The maximum absolute atomic E-state index is 12.7. The molecule has 0 spiro atoms. The number of aliphatic hydroxyl groups excluding tert-OH is 1. The molecule has 1 heterocycles. The summed E-state index contributed by atoms with van der Waals surface area (Å²) in [5, 5.41) is 13.1. The molecule has 0 aliphatic carbocycles. The molecule has 0 atom stereocenters. The summed E-state index contributed by atoms with van der Waals surface area (Å²) >= 11 is 1.24. The minimum absolute atomic E-state index is 0.00541. The average molecular weight is 363 g/mol. The number of carbonyl (C=O) groups excluding carboxylic acids is 1. The molecule has 6 nitrogen and oxygen atoms in total. The SMILES string of the molecule is CCC(C)(C)NC(=O)CSc1nc2ccccc2c(=O)n1CCCO. The van der Waals surface area contributed by atoms with Crippen LogP contribution < -0.4 is 10.9 Å². The maximum atomic E-state index is 12.7. The van der Waals surface area contributed by atoms with Crippen LogP contribution in [0.5, 0.6) is 0 Å².